The van der Waals surface area contributed by atoms with Crippen molar-refractivity contribution in [1.29, 1.82) is 0 Å². The van der Waals surface area contributed by atoms with Gasteiger partial charge in [-0.15, -0.1) is 0 Å². The lowest BCUT2D eigenvalue weighted by atomic mass is 10.7. The molecule has 0 aliphatic rings. The molecule has 0 aliphatic carbocycles. The summed E-state index contributed by atoms with van der Waals surface area (Å²) in [6, 6.07) is 3.45. The van der Waals surface area contributed by atoms with Crippen LogP contribution in [-0.2, 0) is 13.6 Å². The first-order valence-corrected chi connectivity index (χ1v) is 6.88. The third kappa shape index (κ3) is 3.59. The lowest BCUT2D eigenvalue weighted by Gasteiger charge is -2.16. The molecule has 1 aromatic rings. The summed E-state index contributed by atoms with van der Waals surface area (Å²) >= 11 is 0. The highest BCUT2D eigenvalue weighted by atomic mass is 31.2. The fourth-order valence-electron chi connectivity index (χ4n) is 1.27. The highest BCUT2D eigenvalue weighted by molar-refractivity contribution is 7.54. The number of aromatic nitrogens is 1. The molecule has 0 aromatic carbocycles. The predicted octanol–water partition coefficient (Wildman–Crippen LogP) is 2.39. The highest BCUT2D eigenvalue weighted by Crippen LogP contribution is 2.47. The van der Waals surface area contributed by atoms with Gasteiger partial charge >= 0.3 is 7.60 Å². The Labute approximate surface area is 94.9 Å². The van der Waals surface area contributed by atoms with Gasteiger partial charge in [-0.1, -0.05) is 0 Å². The topological polar surface area (TPSA) is 57.5 Å². The van der Waals surface area contributed by atoms with Gasteiger partial charge in [0.1, 0.15) is 6.16 Å². The summed E-state index contributed by atoms with van der Waals surface area (Å²) in [6.07, 6.45) is 2.97. The molecule has 5 nitrogen and oxygen atoms in total. The third-order valence-corrected chi connectivity index (χ3v) is 3.83. The van der Waals surface area contributed by atoms with Crippen molar-refractivity contribution in [3.8, 4) is 0 Å². The summed E-state index contributed by atoms with van der Waals surface area (Å²) in [6.45, 7) is 3.95. The summed E-state index contributed by atoms with van der Waals surface area (Å²) in [5, 5.41) is 0. The zero-order valence-corrected chi connectivity index (χ0v) is 10.4. The summed E-state index contributed by atoms with van der Waals surface area (Å²) in [7, 11) is -3.29. The van der Waals surface area contributed by atoms with Gasteiger partial charge in [-0.25, -0.2) is 0 Å². The maximum Gasteiger partial charge on any atom is 0.340 e. The molecule has 90 valence electrons. The number of carbonyl (C=O) groups excluding carboxylic acids is 1. The van der Waals surface area contributed by atoms with E-state index in [0.29, 0.717) is 0 Å². The van der Waals surface area contributed by atoms with Gasteiger partial charge in [0.05, 0.1) is 13.2 Å². The minimum atomic E-state index is -3.29. The van der Waals surface area contributed by atoms with Crippen LogP contribution in [0.4, 0.5) is 0 Å². The molecule has 0 aliphatic heterocycles. The van der Waals surface area contributed by atoms with Crippen LogP contribution in [0.1, 0.15) is 18.6 Å². The Bertz CT molecular complexity index is 364. The normalized spacial score (nSPS) is 11.6. The van der Waals surface area contributed by atoms with Gasteiger partial charge in [0, 0.05) is 12.4 Å². The third-order valence-electron chi connectivity index (χ3n) is 1.87. The Morgan fingerprint density at radius 3 is 2.12 bits per heavy atom. The van der Waals surface area contributed by atoms with Gasteiger partial charge in [-0.2, -0.15) is 0 Å². The first-order valence-electron chi connectivity index (χ1n) is 5.15. The van der Waals surface area contributed by atoms with Crippen molar-refractivity contribution in [2.24, 2.45) is 0 Å². The predicted molar refractivity (Wildman–Crippen MR) is 60.8 cm³/mol. The van der Waals surface area contributed by atoms with E-state index >= 15 is 0 Å². The van der Waals surface area contributed by atoms with E-state index in [-0.39, 0.29) is 25.3 Å². The zero-order chi connectivity index (χ0) is 12.0. The molecule has 1 heterocycles. The monoisotopic (exact) mass is 245 g/mol. The van der Waals surface area contributed by atoms with Gasteiger partial charge in [-0.3, -0.25) is 13.9 Å². The molecular weight excluding hydrogens is 229 g/mol. The SMILES string of the molecule is CCOP(=O)(CC(=O)n1cccc1)OCC. The molecule has 0 bridgehead atoms. The lowest BCUT2D eigenvalue weighted by Crippen LogP contribution is -2.15. The Hall–Kier alpha value is -0.900. The van der Waals surface area contributed by atoms with Gasteiger partial charge in [0.15, 0.2) is 0 Å². The van der Waals surface area contributed by atoms with Crippen LogP contribution in [0.5, 0.6) is 0 Å². The van der Waals surface area contributed by atoms with E-state index in [1.165, 1.54) is 4.57 Å². The Balaban J connectivity index is 2.69. The van der Waals surface area contributed by atoms with Crippen LogP contribution in [-0.4, -0.2) is 29.8 Å². The largest absolute Gasteiger partial charge is 0.340 e. The van der Waals surface area contributed by atoms with Crippen LogP contribution in [0.15, 0.2) is 24.5 Å². The van der Waals surface area contributed by atoms with Crippen LogP contribution in [0.2, 0.25) is 0 Å². The molecule has 0 unspecified atom stereocenters. The van der Waals surface area contributed by atoms with Gasteiger partial charge in [0.25, 0.3) is 0 Å². The van der Waals surface area contributed by atoms with Gasteiger partial charge in [-0.05, 0) is 26.0 Å². The van der Waals surface area contributed by atoms with E-state index in [4.69, 9.17) is 9.05 Å². The van der Waals surface area contributed by atoms with Crippen LogP contribution >= 0.6 is 7.60 Å². The maximum atomic E-state index is 12.0. The van der Waals surface area contributed by atoms with Crippen molar-refractivity contribution in [3.63, 3.8) is 0 Å². The molecular formula is C10H16NO4P. The molecule has 0 fully saturated rings. The van der Waals surface area contributed by atoms with Crippen LogP contribution in [0.3, 0.4) is 0 Å². The summed E-state index contributed by atoms with van der Waals surface area (Å²) < 4.78 is 23.5. The fourth-order valence-corrected chi connectivity index (χ4v) is 2.81. The Morgan fingerprint density at radius 2 is 1.69 bits per heavy atom. The number of hydrogen-bond donors (Lipinski definition) is 0. The molecule has 0 spiro atoms. The number of hydrogen-bond acceptors (Lipinski definition) is 4. The molecule has 0 saturated heterocycles. The first kappa shape index (κ1) is 13.2. The maximum absolute atomic E-state index is 12.0. The highest BCUT2D eigenvalue weighted by Gasteiger charge is 2.27. The van der Waals surface area contributed by atoms with E-state index in [9.17, 15) is 9.36 Å². The summed E-state index contributed by atoms with van der Waals surface area (Å²) in [5.41, 5.74) is 0. The molecule has 1 rings (SSSR count). The smallest absolute Gasteiger partial charge is 0.309 e. The molecule has 6 heteroatoms. The Kier molecular flexibility index (Phi) is 4.93. The van der Waals surface area contributed by atoms with E-state index < -0.39 is 7.60 Å². The minimum absolute atomic E-state index is 0.233. The van der Waals surface area contributed by atoms with Crippen molar-refractivity contribution in [3.05, 3.63) is 24.5 Å². The van der Waals surface area contributed by atoms with Gasteiger partial charge in [0.2, 0.25) is 5.91 Å². The van der Waals surface area contributed by atoms with Crippen LogP contribution in [0, 0.1) is 0 Å². The van der Waals surface area contributed by atoms with E-state index in [2.05, 4.69) is 0 Å². The van der Waals surface area contributed by atoms with E-state index in [1.807, 2.05) is 0 Å². The number of nitrogens with zero attached hydrogens (tertiary/aromatic N) is 1. The molecule has 0 amide bonds. The van der Waals surface area contributed by atoms with Gasteiger partial charge < -0.3 is 9.05 Å². The zero-order valence-electron chi connectivity index (χ0n) is 9.46. The molecule has 0 radical (unpaired) electrons. The quantitative estimate of drug-likeness (QED) is 0.722. The number of carbonyl (C=O) groups is 1. The van der Waals surface area contributed by atoms with Crippen molar-refractivity contribution < 1.29 is 18.4 Å². The second-order valence-electron chi connectivity index (χ2n) is 3.09. The molecule has 0 N–H and O–H groups in total. The van der Waals surface area contributed by atoms with Crippen molar-refractivity contribution in [2.75, 3.05) is 19.4 Å². The van der Waals surface area contributed by atoms with Crippen LogP contribution < -0.4 is 0 Å². The fraction of sp³-hybridized carbons (Fsp3) is 0.500. The molecule has 1 aromatic heterocycles. The van der Waals surface area contributed by atoms with Crippen molar-refractivity contribution in [1.82, 2.24) is 4.57 Å². The average Bonchev–Trinajstić information content (AvgIpc) is 2.70. The molecule has 16 heavy (non-hydrogen) atoms. The van der Waals surface area contributed by atoms with Crippen molar-refractivity contribution in [2.45, 2.75) is 13.8 Å². The summed E-state index contributed by atoms with van der Waals surface area (Å²) in [4.78, 5) is 11.7. The molecule has 0 saturated carbocycles. The lowest BCUT2D eigenvalue weighted by molar-refractivity contribution is 0.0928. The average molecular weight is 245 g/mol. The van der Waals surface area contributed by atoms with Crippen LogP contribution in [0.25, 0.3) is 0 Å². The first-order chi connectivity index (χ1) is 7.61. The number of rotatable bonds is 6. The minimum Gasteiger partial charge on any atom is -0.309 e. The van der Waals surface area contributed by atoms with E-state index in [1.54, 1.807) is 38.4 Å². The second-order valence-corrected chi connectivity index (χ2v) is 5.14. The standard InChI is InChI=1S/C10H16NO4P/c1-3-14-16(13,15-4-2)9-10(12)11-7-5-6-8-11/h5-8H,3-4,9H2,1-2H3. The van der Waals surface area contributed by atoms with Crippen molar-refractivity contribution >= 4 is 13.5 Å². The summed E-state index contributed by atoms with van der Waals surface area (Å²) in [5.74, 6) is -0.296. The Morgan fingerprint density at radius 1 is 1.19 bits per heavy atom. The van der Waals surface area contributed by atoms with E-state index in [0.717, 1.165) is 0 Å². The second kappa shape index (κ2) is 5.99. The molecule has 0 atom stereocenters.